The topological polar surface area (TPSA) is 32.8 Å². The molecule has 2 aliphatic rings. The minimum atomic E-state index is 0.0958. The minimum absolute atomic E-state index is 0.0958. The maximum atomic E-state index is 12.4. The smallest absolute Gasteiger partial charge is 0.246 e. The van der Waals surface area contributed by atoms with Crippen molar-refractivity contribution in [1.29, 1.82) is 0 Å². The molecule has 1 amide bonds. The third-order valence-corrected chi connectivity index (χ3v) is 5.20. The van der Waals surface area contributed by atoms with E-state index in [9.17, 15) is 4.79 Å². The predicted molar refractivity (Wildman–Crippen MR) is 97.1 cm³/mol. The van der Waals surface area contributed by atoms with Gasteiger partial charge >= 0.3 is 0 Å². The number of carbonyl (C=O) groups excluding carboxylic acids is 1. The number of ether oxygens (including phenoxy) is 1. The second-order valence-electron chi connectivity index (χ2n) is 6.60. The molecule has 2 fully saturated rings. The van der Waals surface area contributed by atoms with E-state index < -0.39 is 0 Å². The standard InChI is InChI=1S/C19H25ClN2O2/c1-15-14-24-13-12-22(15)18-8-10-21(11-9-18)19(23)7-4-16-2-5-17(20)6-3-16/h2-7,15,18H,8-14H2,1H3. The SMILES string of the molecule is CC1COCCN1C1CCN(C(=O)C=Cc2ccc(Cl)cc2)CC1. The highest BCUT2D eigenvalue weighted by molar-refractivity contribution is 6.30. The number of likely N-dealkylation sites (tertiary alicyclic amines) is 1. The Kier molecular flexibility index (Phi) is 5.93. The number of nitrogens with zero attached hydrogens (tertiary/aromatic N) is 2. The van der Waals surface area contributed by atoms with Crippen molar-refractivity contribution in [2.45, 2.75) is 31.8 Å². The van der Waals surface area contributed by atoms with Crippen LogP contribution in [0.2, 0.25) is 5.02 Å². The third-order valence-electron chi connectivity index (χ3n) is 4.95. The van der Waals surface area contributed by atoms with Gasteiger partial charge in [-0.2, -0.15) is 0 Å². The summed E-state index contributed by atoms with van der Waals surface area (Å²) in [6.07, 6.45) is 5.62. The third kappa shape index (κ3) is 4.38. The highest BCUT2D eigenvalue weighted by Crippen LogP contribution is 2.21. The van der Waals surface area contributed by atoms with Crippen molar-refractivity contribution in [3.8, 4) is 0 Å². The molecule has 0 bridgehead atoms. The number of rotatable bonds is 3. The Hall–Kier alpha value is -1.36. The number of carbonyl (C=O) groups is 1. The molecule has 1 aromatic rings. The molecule has 0 radical (unpaired) electrons. The maximum absolute atomic E-state index is 12.4. The van der Waals surface area contributed by atoms with E-state index in [4.69, 9.17) is 16.3 Å². The minimum Gasteiger partial charge on any atom is -0.379 e. The van der Waals surface area contributed by atoms with E-state index in [1.807, 2.05) is 35.2 Å². The first-order valence-corrected chi connectivity index (χ1v) is 9.07. The van der Waals surface area contributed by atoms with Gasteiger partial charge in [-0.3, -0.25) is 9.69 Å². The van der Waals surface area contributed by atoms with Gasteiger partial charge in [0.2, 0.25) is 5.91 Å². The summed E-state index contributed by atoms with van der Waals surface area (Å²) >= 11 is 5.87. The van der Waals surface area contributed by atoms with E-state index >= 15 is 0 Å². The summed E-state index contributed by atoms with van der Waals surface area (Å²) in [7, 11) is 0. The molecule has 3 rings (SSSR count). The molecule has 2 heterocycles. The molecule has 2 aliphatic heterocycles. The Morgan fingerprint density at radius 3 is 2.58 bits per heavy atom. The van der Waals surface area contributed by atoms with Crippen LogP contribution >= 0.6 is 11.6 Å². The molecule has 24 heavy (non-hydrogen) atoms. The summed E-state index contributed by atoms with van der Waals surface area (Å²) in [6.45, 7) is 6.55. The lowest BCUT2D eigenvalue weighted by Crippen LogP contribution is -2.53. The van der Waals surface area contributed by atoms with Crippen molar-refractivity contribution in [3.63, 3.8) is 0 Å². The van der Waals surface area contributed by atoms with Crippen molar-refractivity contribution in [3.05, 3.63) is 40.9 Å². The number of amides is 1. The van der Waals surface area contributed by atoms with Crippen LogP contribution in [-0.4, -0.2) is 60.6 Å². The van der Waals surface area contributed by atoms with Crippen LogP contribution in [0.1, 0.15) is 25.3 Å². The zero-order valence-electron chi connectivity index (χ0n) is 14.2. The number of piperidine rings is 1. The van der Waals surface area contributed by atoms with Crippen LogP contribution < -0.4 is 0 Å². The summed E-state index contributed by atoms with van der Waals surface area (Å²) in [5.74, 6) is 0.0958. The van der Waals surface area contributed by atoms with E-state index in [-0.39, 0.29) is 5.91 Å². The number of halogens is 1. The van der Waals surface area contributed by atoms with Crippen LogP contribution in [0, 0.1) is 0 Å². The van der Waals surface area contributed by atoms with Gasteiger partial charge in [-0.15, -0.1) is 0 Å². The Morgan fingerprint density at radius 1 is 1.21 bits per heavy atom. The molecule has 0 aliphatic carbocycles. The lowest BCUT2D eigenvalue weighted by atomic mass is 10.0. The number of morpholine rings is 1. The molecule has 1 unspecified atom stereocenters. The average molecular weight is 349 g/mol. The fourth-order valence-corrected chi connectivity index (χ4v) is 3.67. The molecule has 0 saturated carbocycles. The molecular weight excluding hydrogens is 324 g/mol. The van der Waals surface area contributed by atoms with Crippen LogP contribution in [0.4, 0.5) is 0 Å². The normalized spacial score (nSPS) is 23.8. The number of hydrogen-bond donors (Lipinski definition) is 0. The van der Waals surface area contributed by atoms with Crippen LogP contribution in [-0.2, 0) is 9.53 Å². The zero-order chi connectivity index (χ0) is 16.9. The van der Waals surface area contributed by atoms with Crippen LogP contribution in [0.3, 0.4) is 0 Å². The molecule has 0 spiro atoms. The summed E-state index contributed by atoms with van der Waals surface area (Å²) in [6, 6.07) is 8.56. The Labute approximate surface area is 149 Å². The summed E-state index contributed by atoms with van der Waals surface area (Å²) in [5.41, 5.74) is 0.991. The molecule has 1 aromatic carbocycles. The number of benzene rings is 1. The van der Waals surface area contributed by atoms with Gasteiger partial charge < -0.3 is 9.64 Å². The van der Waals surface area contributed by atoms with Gasteiger partial charge in [-0.25, -0.2) is 0 Å². The predicted octanol–water partition coefficient (Wildman–Crippen LogP) is 3.06. The largest absolute Gasteiger partial charge is 0.379 e. The van der Waals surface area contributed by atoms with E-state index in [1.54, 1.807) is 6.08 Å². The van der Waals surface area contributed by atoms with Gasteiger partial charge in [-0.1, -0.05) is 23.7 Å². The molecule has 1 atom stereocenters. The van der Waals surface area contributed by atoms with Gasteiger partial charge in [0.1, 0.15) is 0 Å². The molecule has 0 aromatic heterocycles. The van der Waals surface area contributed by atoms with Crippen LogP contribution in [0.25, 0.3) is 6.08 Å². The lowest BCUT2D eigenvalue weighted by molar-refractivity contribution is -0.128. The summed E-state index contributed by atoms with van der Waals surface area (Å²) in [4.78, 5) is 16.9. The van der Waals surface area contributed by atoms with Crippen molar-refractivity contribution in [1.82, 2.24) is 9.80 Å². The molecule has 4 nitrogen and oxygen atoms in total. The fourth-order valence-electron chi connectivity index (χ4n) is 3.55. The van der Waals surface area contributed by atoms with Gasteiger partial charge in [0.15, 0.2) is 0 Å². The van der Waals surface area contributed by atoms with Crippen molar-refractivity contribution in [2.75, 3.05) is 32.8 Å². The average Bonchev–Trinajstić information content (AvgIpc) is 2.61. The molecular formula is C19H25ClN2O2. The molecule has 130 valence electrons. The fraction of sp³-hybridized carbons (Fsp3) is 0.526. The first-order chi connectivity index (χ1) is 11.6. The summed E-state index contributed by atoms with van der Waals surface area (Å²) in [5, 5.41) is 0.706. The van der Waals surface area contributed by atoms with Gasteiger partial charge in [0, 0.05) is 42.8 Å². The highest BCUT2D eigenvalue weighted by Gasteiger charge is 2.30. The van der Waals surface area contributed by atoms with Gasteiger partial charge in [0.25, 0.3) is 0 Å². The van der Waals surface area contributed by atoms with Crippen LogP contribution in [0.15, 0.2) is 30.3 Å². The second kappa shape index (κ2) is 8.15. The first-order valence-electron chi connectivity index (χ1n) is 8.69. The maximum Gasteiger partial charge on any atom is 0.246 e. The monoisotopic (exact) mass is 348 g/mol. The Bertz CT molecular complexity index is 580. The van der Waals surface area contributed by atoms with Crippen molar-refractivity contribution >= 4 is 23.6 Å². The number of hydrogen-bond acceptors (Lipinski definition) is 3. The van der Waals surface area contributed by atoms with E-state index in [0.29, 0.717) is 17.1 Å². The Morgan fingerprint density at radius 2 is 1.92 bits per heavy atom. The lowest BCUT2D eigenvalue weighted by Gasteiger charge is -2.43. The molecule has 5 heteroatoms. The van der Waals surface area contributed by atoms with E-state index in [2.05, 4.69) is 11.8 Å². The van der Waals surface area contributed by atoms with Crippen molar-refractivity contribution in [2.24, 2.45) is 0 Å². The van der Waals surface area contributed by atoms with E-state index in [0.717, 1.165) is 51.3 Å². The van der Waals surface area contributed by atoms with Crippen molar-refractivity contribution < 1.29 is 9.53 Å². The molecule has 0 N–H and O–H groups in total. The summed E-state index contributed by atoms with van der Waals surface area (Å²) < 4.78 is 5.52. The quantitative estimate of drug-likeness (QED) is 0.787. The second-order valence-corrected chi connectivity index (χ2v) is 7.04. The Balaban J connectivity index is 1.50. The first kappa shape index (κ1) is 17.5. The molecule has 2 saturated heterocycles. The van der Waals surface area contributed by atoms with Crippen LogP contribution in [0.5, 0.6) is 0 Å². The van der Waals surface area contributed by atoms with Gasteiger partial charge in [-0.05, 0) is 43.5 Å². The zero-order valence-corrected chi connectivity index (χ0v) is 14.9. The van der Waals surface area contributed by atoms with Gasteiger partial charge in [0.05, 0.1) is 13.2 Å². The van der Waals surface area contributed by atoms with E-state index in [1.165, 1.54) is 0 Å². The highest BCUT2D eigenvalue weighted by atomic mass is 35.5.